The van der Waals surface area contributed by atoms with Crippen molar-refractivity contribution in [2.75, 3.05) is 10.5 Å². The Labute approximate surface area is 123 Å². The van der Waals surface area contributed by atoms with Crippen molar-refractivity contribution < 1.29 is 18.3 Å². The minimum atomic E-state index is -3.92. The molecule has 0 unspecified atom stereocenters. The minimum absolute atomic E-state index is 0.143. The van der Waals surface area contributed by atoms with Crippen LogP contribution in [0.25, 0.3) is 10.6 Å². The van der Waals surface area contributed by atoms with Gasteiger partial charge in [0.25, 0.3) is 0 Å². The minimum Gasteiger partial charge on any atom is -0.480 e. The number of rotatable bonds is 6. The van der Waals surface area contributed by atoms with Crippen LogP contribution in [-0.4, -0.2) is 30.2 Å². The summed E-state index contributed by atoms with van der Waals surface area (Å²) in [5, 5.41) is 10.3. The second-order valence-corrected chi connectivity index (χ2v) is 7.51. The number of thiophene rings is 1. The molecule has 7 nitrogen and oxygen atoms in total. The van der Waals surface area contributed by atoms with E-state index in [2.05, 4.69) is 9.71 Å². The number of sulfonamides is 1. The molecular formula is C10H11N3O4S3. The van der Waals surface area contributed by atoms with Gasteiger partial charge in [-0.25, -0.2) is 13.4 Å². The summed E-state index contributed by atoms with van der Waals surface area (Å²) in [7, 11) is -3.92. The number of hydrogen-bond donors (Lipinski definition) is 3. The van der Waals surface area contributed by atoms with Crippen molar-refractivity contribution in [3.63, 3.8) is 0 Å². The molecule has 0 fully saturated rings. The predicted octanol–water partition coefficient (Wildman–Crippen LogP) is 1.16. The average molecular weight is 333 g/mol. The number of nitrogens with one attached hydrogen (secondary N) is 1. The molecule has 2 aromatic rings. The summed E-state index contributed by atoms with van der Waals surface area (Å²) in [5.41, 5.74) is 6.15. The van der Waals surface area contributed by atoms with Gasteiger partial charge >= 0.3 is 5.97 Å². The predicted molar refractivity (Wildman–Crippen MR) is 78.4 cm³/mol. The lowest BCUT2D eigenvalue weighted by Crippen LogP contribution is -2.22. The highest BCUT2D eigenvalue weighted by Crippen LogP contribution is 2.30. The number of carboxylic acids is 1. The standard InChI is InChI=1S/C10H11N3O4S3/c11-3-6-1-2-8(19-6)7-4-18-10(12-7)13-20(16,17)5-9(14)15/h1-2,4H,3,5,11H2,(H,12,13)(H,14,15). The molecule has 0 aromatic carbocycles. The van der Waals surface area contributed by atoms with E-state index in [1.807, 2.05) is 12.1 Å². The van der Waals surface area contributed by atoms with Gasteiger partial charge in [0, 0.05) is 16.8 Å². The van der Waals surface area contributed by atoms with Crippen LogP contribution in [-0.2, 0) is 21.4 Å². The molecule has 0 atom stereocenters. The maximum atomic E-state index is 11.5. The van der Waals surface area contributed by atoms with Crippen molar-refractivity contribution >= 4 is 43.8 Å². The second-order valence-electron chi connectivity index (χ2n) is 3.76. The number of nitrogens with two attached hydrogens (primary N) is 1. The van der Waals surface area contributed by atoms with Gasteiger partial charge in [-0.15, -0.1) is 22.7 Å². The summed E-state index contributed by atoms with van der Waals surface area (Å²) in [6, 6.07) is 3.74. The van der Waals surface area contributed by atoms with Crippen LogP contribution in [0.4, 0.5) is 5.13 Å². The Bertz CT molecular complexity index is 720. The zero-order valence-corrected chi connectivity index (χ0v) is 12.5. The van der Waals surface area contributed by atoms with Crippen LogP contribution in [0.3, 0.4) is 0 Å². The molecule has 0 aliphatic heterocycles. The number of carboxylic acid groups (broad SMARTS) is 1. The third-order valence-corrected chi connectivity index (χ3v) is 5.32. The number of aromatic nitrogens is 1. The SMILES string of the molecule is NCc1ccc(-c2csc(NS(=O)(=O)CC(=O)O)n2)s1. The number of anilines is 1. The van der Waals surface area contributed by atoms with E-state index in [0.29, 0.717) is 12.2 Å². The topological polar surface area (TPSA) is 122 Å². The fourth-order valence-electron chi connectivity index (χ4n) is 1.39. The van der Waals surface area contributed by atoms with E-state index >= 15 is 0 Å². The Kier molecular flexibility index (Phi) is 4.38. The zero-order valence-electron chi connectivity index (χ0n) is 10.1. The van der Waals surface area contributed by atoms with Gasteiger partial charge in [-0.2, -0.15) is 0 Å². The fourth-order valence-corrected chi connectivity index (χ4v) is 4.15. The summed E-state index contributed by atoms with van der Waals surface area (Å²) < 4.78 is 25.1. The van der Waals surface area contributed by atoms with Gasteiger partial charge in [-0.3, -0.25) is 9.52 Å². The number of aliphatic carboxylic acids is 1. The lowest BCUT2D eigenvalue weighted by molar-refractivity contribution is -0.134. The van der Waals surface area contributed by atoms with Crippen LogP contribution < -0.4 is 10.5 Å². The first-order valence-electron chi connectivity index (χ1n) is 5.36. The highest BCUT2D eigenvalue weighted by molar-refractivity contribution is 7.93. The number of carbonyl (C=O) groups is 1. The van der Waals surface area contributed by atoms with Crippen molar-refractivity contribution in [1.82, 2.24) is 4.98 Å². The fraction of sp³-hybridized carbons (Fsp3) is 0.200. The number of nitrogens with zero attached hydrogens (tertiary/aromatic N) is 1. The van der Waals surface area contributed by atoms with Gasteiger partial charge in [0.05, 0.1) is 10.6 Å². The smallest absolute Gasteiger partial charge is 0.320 e. The van der Waals surface area contributed by atoms with Crippen molar-refractivity contribution in [2.45, 2.75) is 6.54 Å². The molecule has 0 amide bonds. The molecule has 0 aliphatic carbocycles. The van der Waals surface area contributed by atoms with Gasteiger partial charge in [0.15, 0.2) is 10.9 Å². The molecule has 0 radical (unpaired) electrons. The Hall–Kier alpha value is -1.49. The Morgan fingerprint density at radius 3 is 2.80 bits per heavy atom. The summed E-state index contributed by atoms with van der Waals surface area (Å²) in [4.78, 5) is 16.4. The molecule has 2 aromatic heterocycles. The molecule has 0 aliphatic rings. The van der Waals surface area contributed by atoms with Gasteiger partial charge < -0.3 is 10.8 Å². The van der Waals surface area contributed by atoms with E-state index in [1.54, 1.807) is 5.38 Å². The maximum absolute atomic E-state index is 11.5. The van der Waals surface area contributed by atoms with Gasteiger partial charge in [-0.05, 0) is 12.1 Å². The summed E-state index contributed by atoms with van der Waals surface area (Å²) in [6.07, 6.45) is 0. The highest BCUT2D eigenvalue weighted by Gasteiger charge is 2.17. The lowest BCUT2D eigenvalue weighted by Gasteiger charge is -2.00. The van der Waals surface area contributed by atoms with Crippen LogP contribution in [0.15, 0.2) is 17.5 Å². The van der Waals surface area contributed by atoms with Crippen molar-refractivity contribution in [3.05, 3.63) is 22.4 Å². The van der Waals surface area contributed by atoms with Crippen molar-refractivity contribution in [2.24, 2.45) is 5.73 Å². The molecule has 0 saturated carbocycles. The van der Waals surface area contributed by atoms with Crippen LogP contribution in [0.1, 0.15) is 4.88 Å². The number of thiazole rings is 1. The second kappa shape index (κ2) is 5.87. The molecule has 108 valence electrons. The van der Waals surface area contributed by atoms with E-state index < -0.39 is 21.7 Å². The van der Waals surface area contributed by atoms with E-state index in [0.717, 1.165) is 21.1 Å². The monoisotopic (exact) mass is 333 g/mol. The first kappa shape index (κ1) is 14.9. The van der Waals surface area contributed by atoms with Crippen LogP contribution >= 0.6 is 22.7 Å². The quantitative estimate of drug-likeness (QED) is 0.729. The molecule has 2 heterocycles. The van der Waals surface area contributed by atoms with Crippen LogP contribution in [0.5, 0.6) is 0 Å². The first-order valence-corrected chi connectivity index (χ1v) is 8.71. The average Bonchev–Trinajstić information content (AvgIpc) is 2.94. The molecule has 0 bridgehead atoms. The van der Waals surface area contributed by atoms with E-state index in [4.69, 9.17) is 10.8 Å². The van der Waals surface area contributed by atoms with Gasteiger partial charge in [0.2, 0.25) is 10.0 Å². The molecule has 2 rings (SSSR count). The van der Waals surface area contributed by atoms with Gasteiger partial charge in [-0.1, -0.05) is 0 Å². The number of hydrogen-bond acceptors (Lipinski definition) is 7. The summed E-state index contributed by atoms with van der Waals surface area (Å²) in [5.74, 6) is -2.40. The Morgan fingerprint density at radius 1 is 1.45 bits per heavy atom. The van der Waals surface area contributed by atoms with E-state index in [-0.39, 0.29) is 5.13 Å². The van der Waals surface area contributed by atoms with Crippen molar-refractivity contribution in [3.8, 4) is 10.6 Å². The molecule has 20 heavy (non-hydrogen) atoms. The normalized spacial score (nSPS) is 11.4. The maximum Gasteiger partial charge on any atom is 0.320 e. The molecule has 4 N–H and O–H groups in total. The summed E-state index contributed by atoms with van der Waals surface area (Å²) in [6.45, 7) is 0.437. The van der Waals surface area contributed by atoms with Gasteiger partial charge in [0.1, 0.15) is 0 Å². The Balaban J connectivity index is 2.15. The third-order valence-electron chi connectivity index (χ3n) is 2.18. The first-order chi connectivity index (χ1) is 9.39. The zero-order chi connectivity index (χ0) is 14.8. The third kappa shape index (κ3) is 3.76. The molecule has 10 heteroatoms. The van der Waals surface area contributed by atoms with Crippen LogP contribution in [0.2, 0.25) is 0 Å². The molecule has 0 saturated heterocycles. The highest BCUT2D eigenvalue weighted by atomic mass is 32.2. The molecular weight excluding hydrogens is 322 g/mol. The van der Waals surface area contributed by atoms with Crippen molar-refractivity contribution in [1.29, 1.82) is 0 Å². The Morgan fingerprint density at radius 2 is 2.20 bits per heavy atom. The van der Waals surface area contributed by atoms with E-state index in [1.165, 1.54) is 11.3 Å². The lowest BCUT2D eigenvalue weighted by atomic mass is 10.4. The largest absolute Gasteiger partial charge is 0.480 e. The van der Waals surface area contributed by atoms with E-state index in [9.17, 15) is 13.2 Å². The molecule has 0 spiro atoms. The summed E-state index contributed by atoms with van der Waals surface area (Å²) >= 11 is 2.57. The van der Waals surface area contributed by atoms with Crippen LogP contribution in [0, 0.1) is 0 Å².